The van der Waals surface area contributed by atoms with Crippen molar-refractivity contribution in [3.63, 3.8) is 0 Å². The lowest BCUT2D eigenvalue weighted by Crippen LogP contribution is -2.32. The number of amides is 1. The molecule has 3 rings (SSSR count). The molecule has 1 amide bonds. The van der Waals surface area contributed by atoms with Crippen LogP contribution in [-0.2, 0) is 10.5 Å². The molecule has 0 spiro atoms. The predicted octanol–water partition coefficient (Wildman–Crippen LogP) is 3.01. The number of nitrogens with zero attached hydrogens (tertiary/aromatic N) is 3. The molecule has 0 saturated carbocycles. The summed E-state index contributed by atoms with van der Waals surface area (Å²) in [5.41, 5.74) is 3.03. The summed E-state index contributed by atoms with van der Waals surface area (Å²) in [7, 11) is 0. The quantitative estimate of drug-likeness (QED) is 0.795. The van der Waals surface area contributed by atoms with Gasteiger partial charge in [0.25, 0.3) is 0 Å². The maximum absolute atomic E-state index is 12.4. The molecule has 0 N–H and O–H groups in total. The second-order valence-corrected chi connectivity index (χ2v) is 7.27. The number of aromatic nitrogens is 2. The Morgan fingerprint density at radius 2 is 1.96 bits per heavy atom. The fourth-order valence-corrected chi connectivity index (χ4v) is 3.76. The molecule has 0 radical (unpaired) electrons. The molecule has 1 aliphatic rings. The van der Waals surface area contributed by atoms with E-state index in [1.54, 1.807) is 11.8 Å². The van der Waals surface area contributed by atoms with Crippen molar-refractivity contribution in [2.24, 2.45) is 0 Å². The minimum Gasteiger partial charge on any atom is -0.458 e. The minimum atomic E-state index is -0.0238. The highest BCUT2D eigenvalue weighted by atomic mass is 32.2. The highest BCUT2D eigenvalue weighted by Crippen LogP contribution is 2.18. The van der Waals surface area contributed by atoms with E-state index in [9.17, 15) is 4.79 Å². The number of benzene rings is 1. The predicted molar refractivity (Wildman–Crippen MR) is 99.7 cm³/mol. The Morgan fingerprint density at radius 1 is 1.24 bits per heavy atom. The number of rotatable bonds is 6. The number of hydrogen-bond donors (Lipinski definition) is 0. The first kappa shape index (κ1) is 17.7. The van der Waals surface area contributed by atoms with Crippen LogP contribution in [0.2, 0.25) is 0 Å². The molecule has 1 saturated heterocycles. The van der Waals surface area contributed by atoms with E-state index in [2.05, 4.69) is 22.1 Å². The van der Waals surface area contributed by atoms with Gasteiger partial charge in [0, 0.05) is 30.1 Å². The van der Waals surface area contributed by atoms with Crippen LogP contribution in [0.25, 0.3) is 0 Å². The Morgan fingerprint density at radius 3 is 2.68 bits per heavy atom. The van der Waals surface area contributed by atoms with Crippen LogP contribution in [0.1, 0.15) is 23.4 Å². The SMILES string of the molecule is Cc1cc(C)nc(O[C@H]2CCN(C(=O)CSCc3ccccc3)C2)n1. The zero-order valence-corrected chi connectivity index (χ0v) is 15.5. The highest BCUT2D eigenvalue weighted by molar-refractivity contribution is 7.99. The molecule has 0 bridgehead atoms. The van der Waals surface area contributed by atoms with Crippen LogP contribution < -0.4 is 4.74 Å². The van der Waals surface area contributed by atoms with Gasteiger partial charge in [-0.3, -0.25) is 4.79 Å². The molecule has 0 unspecified atom stereocenters. The zero-order valence-electron chi connectivity index (χ0n) is 14.6. The molecule has 25 heavy (non-hydrogen) atoms. The van der Waals surface area contributed by atoms with E-state index >= 15 is 0 Å². The number of carbonyl (C=O) groups is 1. The van der Waals surface area contributed by atoms with Crippen molar-refractivity contribution in [2.45, 2.75) is 32.1 Å². The van der Waals surface area contributed by atoms with Crippen molar-refractivity contribution >= 4 is 17.7 Å². The second-order valence-electron chi connectivity index (χ2n) is 6.28. The first-order valence-electron chi connectivity index (χ1n) is 8.48. The minimum absolute atomic E-state index is 0.0238. The monoisotopic (exact) mass is 357 g/mol. The highest BCUT2D eigenvalue weighted by Gasteiger charge is 2.28. The summed E-state index contributed by atoms with van der Waals surface area (Å²) in [6.45, 7) is 5.20. The van der Waals surface area contributed by atoms with Gasteiger partial charge in [0.15, 0.2) is 0 Å². The van der Waals surface area contributed by atoms with Crippen LogP contribution >= 0.6 is 11.8 Å². The normalized spacial score (nSPS) is 16.9. The van der Waals surface area contributed by atoms with Gasteiger partial charge in [-0.25, -0.2) is 9.97 Å². The molecule has 2 heterocycles. The third-order valence-corrected chi connectivity index (χ3v) is 5.06. The third-order valence-electron chi connectivity index (χ3n) is 4.07. The summed E-state index contributed by atoms with van der Waals surface area (Å²) in [6.07, 6.45) is 0.801. The van der Waals surface area contributed by atoms with Gasteiger partial charge in [0.05, 0.1) is 12.3 Å². The Labute approximate surface area is 152 Å². The van der Waals surface area contributed by atoms with E-state index < -0.39 is 0 Å². The zero-order chi connectivity index (χ0) is 17.6. The van der Waals surface area contributed by atoms with Gasteiger partial charge in [-0.15, -0.1) is 11.8 Å². The Bertz CT molecular complexity index is 704. The summed E-state index contributed by atoms with van der Waals surface area (Å²) in [6, 6.07) is 12.5. The summed E-state index contributed by atoms with van der Waals surface area (Å²) < 4.78 is 5.87. The number of carbonyl (C=O) groups excluding carboxylic acids is 1. The van der Waals surface area contributed by atoms with E-state index in [1.807, 2.05) is 43.0 Å². The fourth-order valence-electron chi connectivity index (χ4n) is 2.87. The Hall–Kier alpha value is -2.08. The van der Waals surface area contributed by atoms with E-state index in [4.69, 9.17) is 4.74 Å². The molecule has 6 heteroatoms. The van der Waals surface area contributed by atoms with Crippen molar-refractivity contribution < 1.29 is 9.53 Å². The van der Waals surface area contributed by atoms with Crippen LogP contribution in [0.4, 0.5) is 0 Å². The van der Waals surface area contributed by atoms with Gasteiger partial charge in [0.1, 0.15) is 6.10 Å². The smallest absolute Gasteiger partial charge is 0.317 e. The third kappa shape index (κ3) is 5.19. The molecule has 1 aromatic carbocycles. The standard InChI is InChI=1S/C19H23N3O2S/c1-14-10-15(2)21-19(20-14)24-17-8-9-22(11-17)18(23)13-25-12-16-6-4-3-5-7-16/h3-7,10,17H,8-9,11-13H2,1-2H3/t17-/m0/s1. The van der Waals surface area contributed by atoms with Crippen molar-refractivity contribution in [3.05, 3.63) is 53.3 Å². The molecular formula is C19H23N3O2S. The number of aryl methyl sites for hydroxylation is 2. The van der Waals surface area contributed by atoms with E-state index in [-0.39, 0.29) is 12.0 Å². The number of thioether (sulfide) groups is 1. The average Bonchev–Trinajstić information content (AvgIpc) is 3.03. The summed E-state index contributed by atoms with van der Waals surface area (Å²) in [4.78, 5) is 22.9. The lowest BCUT2D eigenvalue weighted by atomic mass is 10.2. The molecular weight excluding hydrogens is 334 g/mol. The van der Waals surface area contributed by atoms with Crippen LogP contribution in [-0.4, -0.2) is 45.7 Å². The van der Waals surface area contributed by atoms with E-state index in [1.165, 1.54) is 5.56 Å². The molecule has 1 aliphatic heterocycles. The number of ether oxygens (including phenoxy) is 1. The van der Waals surface area contributed by atoms with Gasteiger partial charge in [-0.1, -0.05) is 30.3 Å². The largest absolute Gasteiger partial charge is 0.458 e. The Balaban J connectivity index is 1.44. The molecule has 132 valence electrons. The maximum atomic E-state index is 12.4. The summed E-state index contributed by atoms with van der Waals surface area (Å²) in [5, 5.41) is 0. The molecule has 2 aromatic rings. The van der Waals surface area contributed by atoms with Gasteiger partial charge >= 0.3 is 6.01 Å². The first-order valence-corrected chi connectivity index (χ1v) is 9.64. The molecule has 1 fully saturated rings. The van der Waals surface area contributed by atoms with Crippen molar-refractivity contribution in [1.29, 1.82) is 0 Å². The van der Waals surface area contributed by atoms with Gasteiger partial charge in [0.2, 0.25) is 5.91 Å². The summed E-state index contributed by atoms with van der Waals surface area (Å²) in [5.74, 6) is 1.53. The molecule has 1 aromatic heterocycles. The lowest BCUT2D eigenvalue weighted by Gasteiger charge is -2.16. The Kier molecular flexibility index (Phi) is 5.91. The van der Waals surface area contributed by atoms with Crippen LogP contribution in [0.5, 0.6) is 6.01 Å². The molecule has 5 nitrogen and oxygen atoms in total. The number of hydrogen-bond acceptors (Lipinski definition) is 5. The van der Waals surface area contributed by atoms with E-state index in [0.29, 0.717) is 18.3 Å². The van der Waals surface area contributed by atoms with Crippen molar-refractivity contribution in [3.8, 4) is 6.01 Å². The lowest BCUT2D eigenvalue weighted by molar-refractivity contribution is -0.127. The van der Waals surface area contributed by atoms with Crippen molar-refractivity contribution in [1.82, 2.24) is 14.9 Å². The maximum Gasteiger partial charge on any atom is 0.317 e. The fraction of sp³-hybridized carbons (Fsp3) is 0.421. The molecule has 0 aliphatic carbocycles. The van der Waals surface area contributed by atoms with Crippen molar-refractivity contribution in [2.75, 3.05) is 18.8 Å². The molecule has 1 atom stereocenters. The van der Waals surface area contributed by atoms with Gasteiger partial charge in [-0.05, 0) is 25.5 Å². The summed E-state index contributed by atoms with van der Waals surface area (Å²) >= 11 is 1.65. The van der Waals surface area contributed by atoms with Crippen LogP contribution in [0, 0.1) is 13.8 Å². The van der Waals surface area contributed by atoms with E-state index in [0.717, 1.165) is 30.1 Å². The average molecular weight is 357 g/mol. The van der Waals surface area contributed by atoms with Crippen LogP contribution in [0.3, 0.4) is 0 Å². The topological polar surface area (TPSA) is 55.3 Å². The van der Waals surface area contributed by atoms with Crippen LogP contribution in [0.15, 0.2) is 36.4 Å². The van der Waals surface area contributed by atoms with Gasteiger partial charge in [-0.2, -0.15) is 0 Å². The first-order chi connectivity index (χ1) is 12.1. The second kappa shape index (κ2) is 8.34. The van der Waals surface area contributed by atoms with Gasteiger partial charge < -0.3 is 9.64 Å². The number of likely N-dealkylation sites (tertiary alicyclic amines) is 1.